The Hall–Kier alpha value is -1.55. The van der Waals surface area contributed by atoms with Crippen molar-refractivity contribution in [2.75, 3.05) is 20.8 Å². The first-order chi connectivity index (χ1) is 8.17. The summed E-state index contributed by atoms with van der Waals surface area (Å²) in [5.74, 6) is 0.593. The Morgan fingerprint density at radius 2 is 2.18 bits per heavy atom. The number of hydrogen-bond acceptors (Lipinski definition) is 3. The van der Waals surface area contributed by atoms with E-state index in [4.69, 9.17) is 9.47 Å². The van der Waals surface area contributed by atoms with Crippen LogP contribution in [0.4, 0.5) is 0 Å². The fourth-order valence-corrected chi connectivity index (χ4v) is 1.37. The molecule has 1 N–H and O–H groups in total. The van der Waals surface area contributed by atoms with Crippen LogP contribution in [0, 0.1) is 0 Å². The Kier molecular flexibility index (Phi) is 5.49. The molecule has 0 saturated heterocycles. The third-order valence-corrected chi connectivity index (χ3v) is 2.57. The third kappa shape index (κ3) is 4.44. The number of benzene rings is 1. The zero-order chi connectivity index (χ0) is 12.7. The van der Waals surface area contributed by atoms with E-state index in [2.05, 4.69) is 5.32 Å². The van der Waals surface area contributed by atoms with Gasteiger partial charge in [-0.25, -0.2) is 0 Å². The third-order valence-electron chi connectivity index (χ3n) is 2.57. The topological polar surface area (TPSA) is 47.6 Å². The van der Waals surface area contributed by atoms with Gasteiger partial charge in [-0.2, -0.15) is 0 Å². The Morgan fingerprint density at radius 1 is 1.41 bits per heavy atom. The van der Waals surface area contributed by atoms with Crippen molar-refractivity contribution in [3.63, 3.8) is 0 Å². The molecule has 0 aliphatic heterocycles. The van der Waals surface area contributed by atoms with Gasteiger partial charge in [-0.1, -0.05) is 6.07 Å². The van der Waals surface area contributed by atoms with Crippen LogP contribution in [-0.2, 0) is 4.74 Å². The molecule has 1 rings (SSSR count). The Labute approximate surface area is 102 Å². The number of methoxy groups -OCH3 is 2. The molecule has 17 heavy (non-hydrogen) atoms. The van der Waals surface area contributed by atoms with E-state index in [0.717, 1.165) is 6.42 Å². The Balaban J connectivity index is 2.46. The van der Waals surface area contributed by atoms with Crippen LogP contribution in [-0.4, -0.2) is 32.8 Å². The van der Waals surface area contributed by atoms with Gasteiger partial charge in [0.2, 0.25) is 0 Å². The summed E-state index contributed by atoms with van der Waals surface area (Å²) in [7, 11) is 3.24. The quantitative estimate of drug-likeness (QED) is 0.821. The van der Waals surface area contributed by atoms with Crippen molar-refractivity contribution in [1.29, 1.82) is 0 Å². The molecule has 4 heteroatoms. The normalized spacial score (nSPS) is 11.9. The van der Waals surface area contributed by atoms with Crippen LogP contribution < -0.4 is 10.1 Å². The van der Waals surface area contributed by atoms with E-state index in [9.17, 15) is 4.79 Å². The molecule has 0 bridgehead atoms. The average molecular weight is 237 g/mol. The standard InChI is InChI=1S/C13H19NO3/c1-10(16-2)7-8-14-13(15)11-5-4-6-12(9-11)17-3/h4-6,9-10H,7-8H2,1-3H3,(H,14,15)/t10-/m1/s1. The van der Waals surface area contributed by atoms with Gasteiger partial charge in [-0.05, 0) is 31.5 Å². The molecule has 0 unspecified atom stereocenters. The molecule has 0 fully saturated rings. The van der Waals surface area contributed by atoms with Gasteiger partial charge in [-0.3, -0.25) is 4.79 Å². The molecule has 0 spiro atoms. The number of hydrogen-bond donors (Lipinski definition) is 1. The van der Waals surface area contributed by atoms with Crippen molar-refractivity contribution in [3.8, 4) is 5.75 Å². The molecule has 1 aromatic carbocycles. The zero-order valence-corrected chi connectivity index (χ0v) is 10.5. The zero-order valence-electron chi connectivity index (χ0n) is 10.5. The van der Waals surface area contributed by atoms with Crippen molar-refractivity contribution in [2.45, 2.75) is 19.4 Å². The van der Waals surface area contributed by atoms with Crippen LogP contribution in [0.25, 0.3) is 0 Å². The van der Waals surface area contributed by atoms with Crippen LogP contribution in [0.2, 0.25) is 0 Å². The van der Waals surface area contributed by atoms with E-state index >= 15 is 0 Å². The van der Waals surface area contributed by atoms with Gasteiger partial charge in [0.15, 0.2) is 0 Å². The molecule has 1 aromatic rings. The highest BCUT2D eigenvalue weighted by Gasteiger charge is 2.06. The molecule has 0 saturated carbocycles. The number of carbonyl (C=O) groups is 1. The molecule has 94 valence electrons. The number of rotatable bonds is 6. The maximum atomic E-state index is 11.8. The van der Waals surface area contributed by atoms with Gasteiger partial charge in [-0.15, -0.1) is 0 Å². The van der Waals surface area contributed by atoms with E-state index in [0.29, 0.717) is 17.9 Å². The van der Waals surface area contributed by atoms with Gasteiger partial charge in [0.25, 0.3) is 5.91 Å². The SMILES string of the molecule is COc1cccc(C(=O)NCC[C@@H](C)OC)c1. The lowest BCUT2D eigenvalue weighted by Crippen LogP contribution is -2.26. The van der Waals surface area contributed by atoms with Crippen LogP contribution in [0.5, 0.6) is 5.75 Å². The van der Waals surface area contributed by atoms with Gasteiger partial charge >= 0.3 is 0 Å². The number of carbonyl (C=O) groups excluding carboxylic acids is 1. The van der Waals surface area contributed by atoms with Crippen LogP contribution in [0.15, 0.2) is 24.3 Å². The summed E-state index contributed by atoms with van der Waals surface area (Å²) in [6.07, 6.45) is 0.951. The molecular formula is C13H19NO3. The van der Waals surface area contributed by atoms with Crippen LogP contribution in [0.3, 0.4) is 0 Å². The summed E-state index contributed by atoms with van der Waals surface area (Å²) in [4.78, 5) is 11.8. The largest absolute Gasteiger partial charge is 0.497 e. The van der Waals surface area contributed by atoms with E-state index in [-0.39, 0.29) is 12.0 Å². The Morgan fingerprint density at radius 3 is 2.82 bits per heavy atom. The summed E-state index contributed by atoms with van der Waals surface area (Å²) in [5, 5.41) is 2.84. The molecule has 0 aliphatic carbocycles. The van der Waals surface area contributed by atoms with Gasteiger partial charge in [0.05, 0.1) is 13.2 Å². The summed E-state index contributed by atoms with van der Waals surface area (Å²) in [6.45, 7) is 2.57. The minimum absolute atomic E-state index is 0.0906. The minimum atomic E-state index is -0.0906. The van der Waals surface area contributed by atoms with E-state index in [1.807, 2.05) is 13.0 Å². The fraction of sp³-hybridized carbons (Fsp3) is 0.462. The van der Waals surface area contributed by atoms with Gasteiger partial charge < -0.3 is 14.8 Å². The second-order valence-electron chi connectivity index (χ2n) is 3.82. The van der Waals surface area contributed by atoms with E-state index in [1.54, 1.807) is 32.4 Å². The summed E-state index contributed by atoms with van der Waals surface area (Å²) in [6, 6.07) is 7.09. The first-order valence-electron chi connectivity index (χ1n) is 5.62. The maximum absolute atomic E-state index is 11.8. The minimum Gasteiger partial charge on any atom is -0.497 e. The fourth-order valence-electron chi connectivity index (χ4n) is 1.37. The molecule has 1 atom stereocenters. The highest BCUT2D eigenvalue weighted by Crippen LogP contribution is 2.12. The van der Waals surface area contributed by atoms with E-state index < -0.39 is 0 Å². The lowest BCUT2D eigenvalue weighted by Gasteiger charge is -2.10. The van der Waals surface area contributed by atoms with E-state index in [1.165, 1.54) is 0 Å². The predicted octanol–water partition coefficient (Wildman–Crippen LogP) is 1.85. The summed E-state index contributed by atoms with van der Waals surface area (Å²) < 4.78 is 10.2. The second-order valence-corrected chi connectivity index (χ2v) is 3.82. The highest BCUT2D eigenvalue weighted by molar-refractivity contribution is 5.94. The molecule has 0 heterocycles. The highest BCUT2D eigenvalue weighted by atomic mass is 16.5. The molecule has 0 radical (unpaired) electrons. The van der Waals surface area contributed by atoms with Crippen LogP contribution in [0.1, 0.15) is 23.7 Å². The predicted molar refractivity (Wildman–Crippen MR) is 66.4 cm³/mol. The number of nitrogens with one attached hydrogen (secondary N) is 1. The van der Waals surface area contributed by atoms with Crippen molar-refractivity contribution < 1.29 is 14.3 Å². The molecule has 0 aliphatic rings. The molecular weight excluding hydrogens is 218 g/mol. The number of amides is 1. The van der Waals surface area contributed by atoms with Crippen molar-refractivity contribution in [1.82, 2.24) is 5.32 Å². The summed E-state index contributed by atoms with van der Waals surface area (Å²) in [5.41, 5.74) is 0.606. The van der Waals surface area contributed by atoms with Crippen LogP contribution >= 0.6 is 0 Å². The van der Waals surface area contributed by atoms with Gasteiger partial charge in [0.1, 0.15) is 5.75 Å². The van der Waals surface area contributed by atoms with Gasteiger partial charge in [0, 0.05) is 19.2 Å². The van der Waals surface area contributed by atoms with Crippen molar-refractivity contribution in [2.24, 2.45) is 0 Å². The maximum Gasteiger partial charge on any atom is 0.251 e. The second kappa shape index (κ2) is 6.91. The smallest absolute Gasteiger partial charge is 0.251 e. The lowest BCUT2D eigenvalue weighted by molar-refractivity contribution is 0.0917. The van der Waals surface area contributed by atoms with Crippen molar-refractivity contribution in [3.05, 3.63) is 29.8 Å². The lowest BCUT2D eigenvalue weighted by atomic mass is 10.2. The average Bonchev–Trinajstić information content (AvgIpc) is 2.38. The first kappa shape index (κ1) is 13.5. The number of ether oxygens (including phenoxy) is 2. The first-order valence-corrected chi connectivity index (χ1v) is 5.62. The molecule has 0 aromatic heterocycles. The molecule has 1 amide bonds. The summed E-state index contributed by atoms with van der Waals surface area (Å²) >= 11 is 0. The Bertz CT molecular complexity index is 365. The van der Waals surface area contributed by atoms with Crippen molar-refractivity contribution >= 4 is 5.91 Å². The molecule has 4 nitrogen and oxygen atoms in total. The monoisotopic (exact) mass is 237 g/mol.